The Bertz CT molecular complexity index is 1460. The lowest BCUT2D eigenvalue weighted by Crippen LogP contribution is -2.46. The Morgan fingerprint density at radius 1 is 0.604 bits per heavy atom. The van der Waals surface area contributed by atoms with E-state index in [1.807, 2.05) is 20.8 Å². The van der Waals surface area contributed by atoms with Gasteiger partial charge in [0.2, 0.25) is 5.71 Å². The molecule has 0 saturated carbocycles. The first kappa shape index (κ1) is 37.3. The average Bonchev–Trinajstić information content (AvgIpc) is 3.11. The normalized spacial score (nSPS) is 13.8. The number of fused-ring (bicyclic) bond motifs is 1. The molecule has 1 aliphatic rings. The molecule has 7 heteroatoms. The average molecular weight is 669 g/mol. The molecule has 258 valence electrons. The van der Waals surface area contributed by atoms with Crippen LogP contribution in [0.1, 0.15) is 77.1 Å². The maximum atomic E-state index is 6.13. The zero-order valence-corrected chi connectivity index (χ0v) is 31.7. The lowest BCUT2D eigenvalue weighted by atomic mass is 9.83. The van der Waals surface area contributed by atoms with Crippen LogP contribution < -0.4 is 9.80 Å². The smallest absolute Gasteiger partial charge is 0.374 e. The number of benzene rings is 3. The van der Waals surface area contributed by atoms with Crippen molar-refractivity contribution in [3.05, 3.63) is 107 Å². The van der Waals surface area contributed by atoms with Crippen LogP contribution in [0.4, 0.5) is 11.4 Å². The number of anilines is 2. The summed E-state index contributed by atoms with van der Waals surface area (Å²) in [4.78, 5) is 4.79. The molecule has 48 heavy (non-hydrogen) atoms. The molecule has 0 aliphatic heterocycles. The Labute approximate surface area is 291 Å². The van der Waals surface area contributed by atoms with Gasteiger partial charge in [-0.05, 0) is 113 Å². The van der Waals surface area contributed by atoms with E-state index in [4.69, 9.17) is 13.3 Å². The van der Waals surface area contributed by atoms with Gasteiger partial charge in [-0.15, -0.1) is 0 Å². The van der Waals surface area contributed by atoms with Gasteiger partial charge in [-0.3, -0.25) is 0 Å². The van der Waals surface area contributed by atoms with E-state index in [-0.39, 0.29) is 0 Å². The molecule has 3 aromatic rings. The maximum absolute atomic E-state index is 6.13. The number of nitrogens with zero attached hydrogens (tertiary/aromatic N) is 3. The summed E-state index contributed by atoms with van der Waals surface area (Å²) in [5.41, 5.74) is 11.2. The first-order chi connectivity index (χ1) is 23.4. The summed E-state index contributed by atoms with van der Waals surface area (Å²) >= 11 is 0. The maximum Gasteiger partial charge on any atom is 0.501 e. The predicted octanol–water partition coefficient (Wildman–Crippen LogP) is 8.78. The van der Waals surface area contributed by atoms with Gasteiger partial charge in [0.05, 0.1) is 5.56 Å². The zero-order chi connectivity index (χ0) is 34.5. The molecule has 0 bridgehead atoms. The lowest BCUT2D eigenvalue weighted by Gasteiger charge is -2.28. The van der Waals surface area contributed by atoms with Gasteiger partial charge in [0.1, 0.15) is 13.6 Å². The van der Waals surface area contributed by atoms with Crippen molar-refractivity contribution in [1.29, 1.82) is 0 Å². The fourth-order valence-electron chi connectivity index (χ4n) is 6.82. The highest BCUT2D eigenvalue weighted by Crippen LogP contribution is 2.38. The van der Waals surface area contributed by atoms with Gasteiger partial charge in [0, 0.05) is 75.9 Å². The Hall–Kier alpha value is -3.49. The molecule has 0 heterocycles. The summed E-state index contributed by atoms with van der Waals surface area (Å²) in [5.74, 6) is 0. The Morgan fingerprint density at radius 3 is 1.50 bits per heavy atom. The highest BCUT2D eigenvalue weighted by molar-refractivity contribution is 6.60. The Balaban J connectivity index is 1.78. The monoisotopic (exact) mass is 668 g/mol. The first-order valence-corrected chi connectivity index (χ1v) is 20.0. The van der Waals surface area contributed by atoms with E-state index in [0.29, 0.717) is 19.8 Å². The minimum Gasteiger partial charge on any atom is -0.374 e. The molecule has 3 aromatic carbocycles. The van der Waals surface area contributed by atoms with Crippen molar-refractivity contribution in [2.75, 3.05) is 69.4 Å². The summed E-state index contributed by atoms with van der Waals surface area (Å²) in [7, 11) is -0.495. The van der Waals surface area contributed by atoms with Crippen LogP contribution in [0.3, 0.4) is 0 Å². The second-order valence-corrected chi connectivity index (χ2v) is 14.7. The highest BCUT2D eigenvalue weighted by atomic mass is 28.4. The van der Waals surface area contributed by atoms with Gasteiger partial charge in [0.15, 0.2) is 0 Å². The van der Waals surface area contributed by atoms with Gasteiger partial charge in [0.25, 0.3) is 0 Å². The summed E-state index contributed by atoms with van der Waals surface area (Å²) < 4.78 is 20.8. The van der Waals surface area contributed by atoms with Crippen molar-refractivity contribution < 1.29 is 17.9 Å². The number of hydrogen-bond donors (Lipinski definition) is 0. The van der Waals surface area contributed by atoms with Crippen molar-refractivity contribution in [2.45, 2.75) is 60.9 Å². The second kappa shape index (κ2) is 18.3. The van der Waals surface area contributed by atoms with Crippen LogP contribution in [0.15, 0.2) is 84.9 Å². The standard InChI is InChI=1S/C41H58N3O3Si/c1-9-43(10-2)35-25-21-33(22-26-35)41(34-23-27-36(28-24-34)44(11-3)12-4)39-29-30-40(38-20-17-16-19-37(38)39)42(8)31-18-32-48(45-13-5,46-14-6)47-15-7/h16-17,19-30H,9-15,18,31-32H2,1-8H3/q+1. The third-order valence-corrected chi connectivity index (χ3v) is 12.4. The topological polar surface area (TPSA) is 37.2 Å². The Morgan fingerprint density at radius 2 is 1.06 bits per heavy atom. The van der Waals surface area contributed by atoms with E-state index in [0.717, 1.165) is 45.2 Å². The summed E-state index contributed by atoms with van der Waals surface area (Å²) in [6, 6.07) is 27.9. The van der Waals surface area contributed by atoms with E-state index >= 15 is 0 Å². The fraction of sp³-hybridized carbons (Fsp3) is 0.439. The van der Waals surface area contributed by atoms with Crippen LogP contribution in [-0.2, 0) is 13.3 Å². The van der Waals surface area contributed by atoms with E-state index in [9.17, 15) is 0 Å². The predicted molar refractivity (Wildman–Crippen MR) is 207 cm³/mol. The quantitative estimate of drug-likeness (QED) is 0.100. The van der Waals surface area contributed by atoms with E-state index in [2.05, 4.69) is 134 Å². The van der Waals surface area contributed by atoms with E-state index in [1.54, 1.807) is 0 Å². The number of hydrogen-bond acceptors (Lipinski definition) is 5. The molecule has 6 nitrogen and oxygen atoms in total. The molecule has 0 unspecified atom stereocenters. The molecule has 0 atom stereocenters. The largest absolute Gasteiger partial charge is 0.501 e. The van der Waals surface area contributed by atoms with Crippen molar-refractivity contribution in [2.24, 2.45) is 0 Å². The van der Waals surface area contributed by atoms with Gasteiger partial charge >= 0.3 is 8.80 Å². The van der Waals surface area contributed by atoms with Crippen LogP contribution in [-0.4, -0.2) is 78.7 Å². The van der Waals surface area contributed by atoms with Crippen molar-refractivity contribution >= 4 is 37.0 Å². The zero-order valence-electron chi connectivity index (χ0n) is 30.7. The molecule has 4 rings (SSSR count). The van der Waals surface area contributed by atoms with Gasteiger partial charge in [-0.1, -0.05) is 42.5 Å². The SMILES string of the molecule is CCO[Si](CCC[N+](C)=C1C=CC(=C(c2ccc(N(CC)CC)cc2)c2ccc(N(CC)CC)cc2)c2ccccc21)(OCC)OCC. The lowest BCUT2D eigenvalue weighted by molar-refractivity contribution is -0.496. The fourth-order valence-corrected chi connectivity index (χ4v) is 9.42. The molecule has 0 fully saturated rings. The summed E-state index contributed by atoms with van der Waals surface area (Å²) in [5, 5.41) is 0. The van der Waals surface area contributed by atoms with Crippen LogP contribution in [0.25, 0.3) is 11.1 Å². The minimum atomic E-state index is -2.68. The number of rotatable bonds is 18. The van der Waals surface area contributed by atoms with Gasteiger partial charge in [-0.25, -0.2) is 4.58 Å². The molecular formula is C41H58N3O3Si+. The van der Waals surface area contributed by atoms with Gasteiger partial charge < -0.3 is 23.1 Å². The second-order valence-electron chi connectivity index (χ2n) is 12.0. The molecule has 0 radical (unpaired) electrons. The van der Waals surface area contributed by atoms with Crippen molar-refractivity contribution in [1.82, 2.24) is 0 Å². The van der Waals surface area contributed by atoms with Crippen LogP contribution in [0.5, 0.6) is 0 Å². The molecule has 0 amide bonds. The summed E-state index contributed by atoms with van der Waals surface area (Å²) in [6.07, 6.45) is 5.54. The van der Waals surface area contributed by atoms with E-state index in [1.165, 1.54) is 50.5 Å². The molecule has 0 N–H and O–H groups in total. The van der Waals surface area contributed by atoms with E-state index < -0.39 is 8.80 Å². The summed E-state index contributed by atoms with van der Waals surface area (Å²) in [6.45, 7) is 21.6. The third-order valence-electron chi connectivity index (χ3n) is 9.22. The molecular weight excluding hydrogens is 611 g/mol. The van der Waals surface area contributed by atoms with Crippen LogP contribution in [0.2, 0.25) is 6.04 Å². The number of allylic oxidation sites excluding steroid dienone is 3. The molecule has 0 saturated heterocycles. The minimum absolute atomic E-state index is 0.601. The van der Waals surface area contributed by atoms with Gasteiger partial charge in [-0.2, -0.15) is 0 Å². The molecule has 0 spiro atoms. The Kier molecular flexibility index (Phi) is 14.2. The highest BCUT2D eigenvalue weighted by Gasteiger charge is 2.40. The third kappa shape index (κ3) is 8.75. The van der Waals surface area contributed by atoms with Crippen LogP contribution in [0, 0.1) is 0 Å². The molecule has 0 aromatic heterocycles. The first-order valence-electron chi connectivity index (χ1n) is 18.1. The van der Waals surface area contributed by atoms with Crippen molar-refractivity contribution in [3.63, 3.8) is 0 Å². The molecule has 1 aliphatic carbocycles. The van der Waals surface area contributed by atoms with Crippen LogP contribution >= 0.6 is 0 Å². The van der Waals surface area contributed by atoms with Crippen molar-refractivity contribution in [3.8, 4) is 0 Å².